The Bertz CT molecular complexity index is 1360. The first-order valence-corrected chi connectivity index (χ1v) is 9.94. The van der Waals surface area contributed by atoms with E-state index < -0.39 is 34.7 Å². The van der Waals surface area contributed by atoms with Gasteiger partial charge >= 0.3 is 0 Å². The zero-order valence-electron chi connectivity index (χ0n) is 18.3. The van der Waals surface area contributed by atoms with Crippen LogP contribution in [-0.2, 0) is 0 Å². The Hall–Kier alpha value is -4.41. The number of nitrogens with zero attached hydrogens (tertiary/aromatic N) is 4. The van der Waals surface area contributed by atoms with Crippen molar-refractivity contribution in [2.75, 3.05) is 12.4 Å². The van der Waals surface area contributed by atoms with Crippen molar-refractivity contribution in [3.05, 3.63) is 83.2 Å². The molecular formula is C23H18F3N5O3. The molecule has 2 aromatic carbocycles. The van der Waals surface area contributed by atoms with Gasteiger partial charge in [-0.1, -0.05) is 0 Å². The van der Waals surface area contributed by atoms with Gasteiger partial charge in [0.2, 0.25) is 11.7 Å². The molecule has 1 amide bonds. The van der Waals surface area contributed by atoms with E-state index in [0.717, 1.165) is 18.5 Å². The molecule has 11 heteroatoms. The van der Waals surface area contributed by atoms with Crippen LogP contribution in [-0.4, -0.2) is 32.8 Å². The molecule has 0 unspecified atom stereocenters. The maximum absolute atomic E-state index is 14.3. The molecule has 2 aromatic heterocycles. The average Bonchev–Trinajstić information content (AvgIpc) is 3.16. The highest BCUT2D eigenvalue weighted by atomic mass is 19.2. The maximum Gasteiger partial charge on any atom is 0.258 e. The van der Waals surface area contributed by atoms with Gasteiger partial charge in [0.25, 0.3) is 5.91 Å². The van der Waals surface area contributed by atoms with E-state index in [9.17, 15) is 18.0 Å². The molecule has 4 rings (SSSR count). The van der Waals surface area contributed by atoms with Crippen LogP contribution in [0.25, 0.3) is 5.82 Å². The molecular weight excluding hydrogens is 451 g/mol. The van der Waals surface area contributed by atoms with Gasteiger partial charge in [-0.3, -0.25) is 9.36 Å². The third kappa shape index (κ3) is 4.40. The fourth-order valence-corrected chi connectivity index (χ4v) is 3.08. The Balaban J connectivity index is 1.44. The van der Waals surface area contributed by atoms with E-state index in [4.69, 9.17) is 4.74 Å². The SMILES string of the molecule is COc1c(F)c(F)cc(C(=O)Nc2ccc(Oc3ccc(-n4cnc(C)c4C)nn3)cc2)c1F. The number of anilines is 1. The highest BCUT2D eigenvalue weighted by Gasteiger charge is 2.23. The molecule has 0 aliphatic heterocycles. The standard InChI is InChI=1S/C23H18F3N5O3/c1-12-13(2)31(11-27-12)18-8-9-19(30-29-18)34-15-6-4-14(5-7-15)28-23(32)16-10-17(24)21(26)22(33-3)20(16)25/h4-11H,1-3H3,(H,28,32). The van der Waals surface area contributed by atoms with Crippen molar-refractivity contribution in [3.8, 4) is 23.2 Å². The largest absolute Gasteiger partial charge is 0.491 e. The van der Waals surface area contributed by atoms with Gasteiger partial charge in [-0.15, -0.1) is 10.2 Å². The second kappa shape index (κ2) is 9.22. The molecule has 2 heterocycles. The van der Waals surface area contributed by atoms with Crippen molar-refractivity contribution < 1.29 is 27.4 Å². The van der Waals surface area contributed by atoms with Gasteiger partial charge < -0.3 is 14.8 Å². The Morgan fingerprint density at radius 3 is 2.32 bits per heavy atom. The van der Waals surface area contributed by atoms with E-state index in [1.807, 2.05) is 13.8 Å². The second-order valence-electron chi connectivity index (χ2n) is 7.16. The van der Waals surface area contributed by atoms with Crippen molar-refractivity contribution in [1.82, 2.24) is 19.7 Å². The summed E-state index contributed by atoms with van der Waals surface area (Å²) in [5, 5.41) is 10.6. The van der Waals surface area contributed by atoms with Crippen molar-refractivity contribution in [2.24, 2.45) is 0 Å². The summed E-state index contributed by atoms with van der Waals surface area (Å²) < 4.78 is 53.5. The smallest absolute Gasteiger partial charge is 0.258 e. The number of hydrogen-bond donors (Lipinski definition) is 1. The molecule has 174 valence electrons. The Morgan fingerprint density at radius 2 is 1.74 bits per heavy atom. The Labute approximate surface area is 192 Å². The topological polar surface area (TPSA) is 91.2 Å². The number of nitrogens with one attached hydrogen (secondary N) is 1. The van der Waals surface area contributed by atoms with Gasteiger partial charge in [0.15, 0.2) is 23.2 Å². The molecule has 0 spiro atoms. The van der Waals surface area contributed by atoms with Crippen LogP contribution in [0.1, 0.15) is 21.7 Å². The van der Waals surface area contributed by atoms with Crippen LogP contribution in [0.5, 0.6) is 17.4 Å². The number of aromatic nitrogens is 4. The predicted octanol–water partition coefficient (Wildman–Crippen LogP) is 4.75. The molecule has 1 N–H and O–H groups in total. The van der Waals surface area contributed by atoms with Crippen molar-refractivity contribution >= 4 is 11.6 Å². The zero-order chi connectivity index (χ0) is 24.4. The van der Waals surface area contributed by atoms with E-state index in [1.54, 1.807) is 23.0 Å². The fourth-order valence-electron chi connectivity index (χ4n) is 3.08. The number of aryl methyl sites for hydroxylation is 1. The minimum Gasteiger partial charge on any atom is -0.491 e. The van der Waals surface area contributed by atoms with E-state index in [2.05, 4.69) is 25.2 Å². The molecule has 4 aromatic rings. The van der Waals surface area contributed by atoms with E-state index in [0.29, 0.717) is 17.6 Å². The summed E-state index contributed by atoms with van der Waals surface area (Å²) in [5.41, 5.74) is 1.41. The van der Waals surface area contributed by atoms with Crippen LogP contribution in [0.15, 0.2) is 48.8 Å². The number of carbonyl (C=O) groups excluding carboxylic acids is 1. The lowest BCUT2D eigenvalue weighted by molar-refractivity contribution is 0.102. The normalized spacial score (nSPS) is 10.8. The van der Waals surface area contributed by atoms with Crippen molar-refractivity contribution in [2.45, 2.75) is 13.8 Å². The summed E-state index contributed by atoms with van der Waals surface area (Å²) in [6.45, 7) is 3.82. The number of halogens is 3. The summed E-state index contributed by atoms with van der Waals surface area (Å²) in [6.07, 6.45) is 1.66. The lowest BCUT2D eigenvalue weighted by atomic mass is 10.1. The number of benzene rings is 2. The number of amides is 1. The number of ether oxygens (including phenoxy) is 2. The van der Waals surface area contributed by atoms with Crippen LogP contribution < -0.4 is 14.8 Å². The average molecular weight is 469 g/mol. The van der Waals surface area contributed by atoms with Crippen LogP contribution in [0.2, 0.25) is 0 Å². The molecule has 34 heavy (non-hydrogen) atoms. The van der Waals surface area contributed by atoms with Crippen molar-refractivity contribution in [1.29, 1.82) is 0 Å². The second-order valence-corrected chi connectivity index (χ2v) is 7.16. The van der Waals surface area contributed by atoms with Gasteiger partial charge in [-0.25, -0.2) is 13.8 Å². The molecule has 0 radical (unpaired) electrons. The lowest BCUT2D eigenvalue weighted by Gasteiger charge is -2.11. The van der Waals surface area contributed by atoms with E-state index in [1.165, 1.54) is 24.3 Å². The quantitative estimate of drug-likeness (QED) is 0.410. The van der Waals surface area contributed by atoms with Crippen LogP contribution >= 0.6 is 0 Å². The van der Waals surface area contributed by atoms with Crippen LogP contribution in [0.4, 0.5) is 18.9 Å². The lowest BCUT2D eigenvalue weighted by Crippen LogP contribution is -2.15. The number of imidazole rings is 1. The first-order chi connectivity index (χ1) is 16.3. The number of hydrogen-bond acceptors (Lipinski definition) is 6. The van der Waals surface area contributed by atoms with Gasteiger partial charge in [0.05, 0.1) is 18.4 Å². The Kier molecular flexibility index (Phi) is 6.17. The fraction of sp³-hybridized carbons (Fsp3) is 0.130. The maximum atomic E-state index is 14.3. The predicted molar refractivity (Wildman–Crippen MR) is 116 cm³/mol. The summed E-state index contributed by atoms with van der Waals surface area (Å²) in [4.78, 5) is 16.6. The summed E-state index contributed by atoms with van der Waals surface area (Å²) in [7, 11) is 0.971. The summed E-state index contributed by atoms with van der Waals surface area (Å²) in [5.74, 6) is -4.94. The van der Waals surface area contributed by atoms with Gasteiger partial charge in [0, 0.05) is 17.4 Å². The molecule has 0 fully saturated rings. The highest BCUT2D eigenvalue weighted by Crippen LogP contribution is 2.28. The minimum absolute atomic E-state index is 0.242. The molecule has 0 bridgehead atoms. The number of rotatable bonds is 6. The van der Waals surface area contributed by atoms with Crippen LogP contribution in [0, 0.1) is 31.3 Å². The first-order valence-electron chi connectivity index (χ1n) is 9.94. The molecule has 0 saturated heterocycles. The molecule has 8 nitrogen and oxygen atoms in total. The molecule has 0 atom stereocenters. The first kappa shape index (κ1) is 22.8. The number of methoxy groups -OCH3 is 1. The molecule has 0 saturated carbocycles. The minimum atomic E-state index is -1.51. The zero-order valence-corrected chi connectivity index (χ0v) is 18.3. The van der Waals surface area contributed by atoms with Gasteiger partial charge in [0.1, 0.15) is 12.1 Å². The third-order valence-electron chi connectivity index (χ3n) is 5.02. The van der Waals surface area contributed by atoms with Crippen LogP contribution in [0.3, 0.4) is 0 Å². The highest BCUT2D eigenvalue weighted by molar-refractivity contribution is 6.04. The third-order valence-corrected chi connectivity index (χ3v) is 5.02. The molecule has 0 aliphatic rings. The van der Waals surface area contributed by atoms with E-state index >= 15 is 0 Å². The Morgan fingerprint density at radius 1 is 1.00 bits per heavy atom. The monoisotopic (exact) mass is 469 g/mol. The van der Waals surface area contributed by atoms with Gasteiger partial charge in [-0.05, 0) is 50.2 Å². The molecule has 0 aliphatic carbocycles. The summed E-state index contributed by atoms with van der Waals surface area (Å²) >= 11 is 0. The van der Waals surface area contributed by atoms with Crippen molar-refractivity contribution in [3.63, 3.8) is 0 Å². The number of carbonyl (C=O) groups is 1. The summed E-state index contributed by atoms with van der Waals surface area (Å²) in [6, 6.07) is 9.90. The van der Waals surface area contributed by atoms with E-state index in [-0.39, 0.29) is 11.6 Å². The van der Waals surface area contributed by atoms with Gasteiger partial charge in [-0.2, -0.15) is 4.39 Å².